The summed E-state index contributed by atoms with van der Waals surface area (Å²) in [6.45, 7) is 0. The van der Waals surface area contributed by atoms with Gasteiger partial charge in [-0.05, 0) is 12.8 Å². The Morgan fingerprint density at radius 1 is 0.583 bits per heavy atom. The highest BCUT2D eigenvalue weighted by Crippen LogP contribution is 2.46. The van der Waals surface area contributed by atoms with Gasteiger partial charge in [0.1, 0.15) is 0 Å². The maximum absolute atomic E-state index is 13.3. The molecule has 0 aromatic carbocycles. The summed E-state index contributed by atoms with van der Waals surface area (Å²) in [6.07, 6.45) is -23.8. The second-order valence-electron chi connectivity index (χ2n) is 4.92. The number of rotatable bonds is 4. The smallest absolute Gasteiger partial charge is 0.230 e. The van der Waals surface area contributed by atoms with Gasteiger partial charge in [0.2, 0.25) is 0 Å². The SMILES string of the molecule is FC(C(F)(F)F)C(F)(F)C1=CCC(C(F)(F)C(F)C(F)(F)F)=CC1. The fraction of sp³-hybridized carbons (Fsp3) is 0.667. The third kappa shape index (κ3) is 4.00. The van der Waals surface area contributed by atoms with Gasteiger partial charge in [-0.15, -0.1) is 0 Å². The van der Waals surface area contributed by atoms with Gasteiger partial charge in [-0.1, -0.05) is 12.2 Å². The van der Waals surface area contributed by atoms with Crippen LogP contribution >= 0.6 is 0 Å². The summed E-state index contributed by atoms with van der Waals surface area (Å²) in [7, 11) is 0. The van der Waals surface area contributed by atoms with Gasteiger partial charge in [0.25, 0.3) is 12.3 Å². The van der Waals surface area contributed by atoms with E-state index in [1.54, 1.807) is 0 Å². The van der Waals surface area contributed by atoms with Gasteiger partial charge in [0.15, 0.2) is 0 Å². The molecule has 140 valence electrons. The third-order valence-electron chi connectivity index (χ3n) is 3.20. The van der Waals surface area contributed by atoms with Crippen molar-refractivity contribution in [2.45, 2.75) is 49.4 Å². The molecule has 0 saturated heterocycles. The van der Waals surface area contributed by atoms with Gasteiger partial charge in [-0.3, -0.25) is 0 Å². The van der Waals surface area contributed by atoms with Crippen LogP contribution in [0.2, 0.25) is 0 Å². The van der Waals surface area contributed by atoms with E-state index in [2.05, 4.69) is 0 Å². The zero-order chi connectivity index (χ0) is 19.1. The van der Waals surface area contributed by atoms with Crippen molar-refractivity contribution >= 4 is 0 Å². The van der Waals surface area contributed by atoms with Crippen molar-refractivity contribution < 1.29 is 52.7 Å². The first-order valence-corrected chi connectivity index (χ1v) is 6.08. The van der Waals surface area contributed by atoms with Crippen LogP contribution in [0.3, 0.4) is 0 Å². The predicted octanol–water partition coefficient (Wildman–Crippen LogP) is 5.70. The van der Waals surface area contributed by atoms with Crippen molar-refractivity contribution in [2.75, 3.05) is 0 Å². The maximum atomic E-state index is 13.3. The molecule has 0 aliphatic heterocycles. The third-order valence-corrected chi connectivity index (χ3v) is 3.20. The quantitative estimate of drug-likeness (QED) is 0.433. The van der Waals surface area contributed by atoms with Crippen molar-refractivity contribution in [3.63, 3.8) is 0 Å². The first kappa shape index (κ1) is 20.7. The Kier molecular flexibility index (Phi) is 5.32. The van der Waals surface area contributed by atoms with Crippen molar-refractivity contribution in [3.8, 4) is 0 Å². The summed E-state index contributed by atoms with van der Waals surface area (Å²) < 4.78 is 151. The molecule has 0 saturated carbocycles. The number of alkyl halides is 12. The van der Waals surface area contributed by atoms with Crippen molar-refractivity contribution in [1.29, 1.82) is 0 Å². The van der Waals surface area contributed by atoms with Gasteiger partial charge < -0.3 is 0 Å². The lowest BCUT2D eigenvalue weighted by Gasteiger charge is -2.29. The molecule has 2 unspecified atom stereocenters. The molecular weight excluding hydrogens is 372 g/mol. The van der Waals surface area contributed by atoms with E-state index in [0.29, 0.717) is 0 Å². The van der Waals surface area contributed by atoms with E-state index < -0.39 is 60.5 Å². The largest absolute Gasteiger partial charge is 0.426 e. The minimum atomic E-state index is -5.93. The lowest BCUT2D eigenvalue weighted by atomic mass is 9.89. The van der Waals surface area contributed by atoms with Crippen LogP contribution in [0.4, 0.5) is 52.7 Å². The summed E-state index contributed by atoms with van der Waals surface area (Å²) in [6, 6.07) is 0. The molecular formula is C12H8F12. The Morgan fingerprint density at radius 2 is 0.833 bits per heavy atom. The molecule has 24 heavy (non-hydrogen) atoms. The zero-order valence-electron chi connectivity index (χ0n) is 11.3. The van der Waals surface area contributed by atoms with E-state index >= 15 is 0 Å². The van der Waals surface area contributed by atoms with Crippen molar-refractivity contribution in [1.82, 2.24) is 0 Å². The Hall–Kier alpha value is -1.36. The van der Waals surface area contributed by atoms with Crippen LogP contribution in [0.15, 0.2) is 23.3 Å². The highest BCUT2D eigenvalue weighted by molar-refractivity contribution is 5.32. The van der Waals surface area contributed by atoms with Crippen LogP contribution < -0.4 is 0 Å². The lowest BCUT2D eigenvalue weighted by Crippen LogP contribution is -2.45. The van der Waals surface area contributed by atoms with Crippen LogP contribution in [0.25, 0.3) is 0 Å². The van der Waals surface area contributed by atoms with E-state index in [4.69, 9.17) is 0 Å². The molecule has 0 radical (unpaired) electrons. The molecule has 0 amide bonds. The molecule has 1 aliphatic rings. The van der Waals surface area contributed by atoms with Crippen LogP contribution in [0.5, 0.6) is 0 Å². The minimum absolute atomic E-state index is 0.0463. The summed E-state index contributed by atoms with van der Waals surface area (Å²) >= 11 is 0. The van der Waals surface area contributed by atoms with Crippen molar-refractivity contribution in [3.05, 3.63) is 23.3 Å². The van der Waals surface area contributed by atoms with Crippen LogP contribution in [-0.2, 0) is 0 Å². The highest BCUT2D eigenvalue weighted by Gasteiger charge is 2.60. The number of hydrogen-bond acceptors (Lipinski definition) is 0. The van der Waals surface area contributed by atoms with Crippen LogP contribution in [-0.4, -0.2) is 36.5 Å². The number of halogens is 12. The highest BCUT2D eigenvalue weighted by atomic mass is 19.4. The van der Waals surface area contributed by atoms with E-state index in [1.807, 2.05) is 0 Å². The first-order chi connectivity index (χ1) is 10.5. The van der Waals surface area contributed by atoms with Gasteiger partial charge in [0, 0.05) is 11.1 Å². The van der Waals surface area contributed by atoms with E-state index in [9.17, 15) is 52.7 Å². The fourth-order valence-electron chi connectivity index (χ4n) is 1.91. The molecule has 0 aromatic rings. The topological polar surface area (TPSA) is 0 Å². The summed E-state index contributed by atoms with van der Waals surface area (Å²) in [5, 5.41) is 0. The minimum Gasteiger partial charge on any atom is -0.230 e. The fourth-order valence-corrected chi connectivity index (χ4v) is 1.91. The Labute approximate surface area is 126 Å². The molecule has 0 heterocycles. The molecule has 0 bridgehead atoms. The summed E-state index contributed by atoms with van der Waals surface area (Å²) in [5.41, 5.74) is -3.07. The lowest BCUT2D eigenvalue weighted by molar-refractivity contribution is -0.236. The van der Waals surface area contributed by atoms with Gasteiger partial charge in [0.05, 0.1) is 0 Å². The molecule has 0 nitrogen and oxygen atoms in total. The second-order valence-corrected chi connectivity index (χ2v) is 4.92. The van der Waals surface area contributed by atoms with Crippen LogP contribution in [0, 0.1) is 0 Å². The van der Waals surface area contributed by atoms with Crippen LogP contribution in [0.1, 0.15) is 12.8 Å². The molecule has 1 rings (SSSR count). The maximum Gasteiger partial charge on any atom is 0.426 e. The molecule has 0 N–H and O–H groups in total. The Morgan fingerprint density at radius 3 is 1.00 bits per heavy atom. The van der Waals surface area contributed by atoms with E-state index in [-0.39, 0.29) is 12.2 Å². The molecule has 2 atom stereocenters. The predicted molar refractivity (Wildman–Crippen MR) is 57.2 cm³/mol. The average molecular weight is 380 g/mol. The Bertz CT molecular complexity index is 473. The average Bonchev–Trinajstić information content (AvgIpc) is 2.43. The van der Waals surface area contributed by atoms with Crippen molar-refractivity contribution in [2.24, 2.45) is 0 Å². The zero-order valence-corrected chi connectivity index (χ0v) is 11.3. The molecule has 0 aromatic heterocycles. The standard InChI is InChI=1S/C12H8F12/c13-7(11(19,20)21)9(15,16)5-1-2-6(4-3-5)10(17,18)8(14)12(22,23)24/h1,4,7-8H,2-3H2. The van der Waals surface area contributed by atoms with E-state index in [1.165, 1.54) is 0 Å². The first-order valence-electron chi connectivity index (χ1n) is 6.08. The van der Waals surface area contributed by atoms with Gasteiger partial charge in [-0.25, -0.2) is 8.78 Å². The molecule has 0 fully saturated rings. The number of hydrogen-bond donors (Lipinski definition) is 0. The molecule has 12 heteroatoms. The normalized spacial score (nSPS) is 20.3. The molecule has 0 spiro atoms. The number of allylic oxidation sites excluding steroid dienone is 4. The second kappa shape index (κ2) is 6.17. The van der Waals surface area contributed by atoms with E-state index in [0.717, 1.165) is 0 Å². The monoisotopic (exact) mass is 380 g/mol. The Balaban J connectivity index is 2.98. The van der Waals surface area contributed by atoms with Gasteiger partial charge >= 0.3 is 24.2 Å². The summed E-state index contributed by atoms with van der Waals surface area (Å²) in [5.74, 6) is -10.2. The summed E-state index contributed by atoms with van der Waals surface area (Å²) in [4.78, 5) is 0. The van der Waals surface area contributed by atoms with Gasteiger partial charge in [-0.2, -0.15) is 43.9 Å². The molecule has 1 aliphatic carbocycles.